The van der Waals surface area contributed by atoms with Gasteiger partial charge < -0.3 is 29.7 Å². The number of aliphatic hydroxyl groups excluding tert-OH is 1. The van der Waals surface area contributed by atoms with Crippen molar-refractivity contribution in [2.45, 2.75) is 72.1 Å². The number of nitrogens with one attached hydrogen (secondary N) is 1. The molecule has 2 N–H and O–H groups in total. The molecule has 0 saturated heterocycles. The molecule has 11 nitrogen and oxygen atoms in total. The van der Waals surface area contributed by atoms with Crippen molar-refractivity contribution in [1.29, 1.82) is 0 Å². The Morgan fingerprint density at radius 3 is 2.18 bits per heavy atom. The minimum atomic E-state index is -0.450. The number of hydrogen-bond donors (Lipinski definition) is 2. The first-order chi connectivity index (χ1) is 27.3. The Morgan fingerprint density at radius 1 is 0.839 bits per heavy atom. The van der Waals surface area contributed by atoms with Gasteiger partial charge in [0.1, 0.15) is 18.1 Å². The van der Waals surface area contributed by atoms with Crippen LogP contribution in [0, 0.1) is 6.92 Å². The fraction of sp³-hybridized carbons (Fsp3) is 0.333. The highest BCUT2D eigenvalue weighted by atomic mass is 16.5. The molecule has 4 aromatic carbocycles. The third kappa shape index (κ3) is 9.83. The number of rotatable bonds is 17. The van der Waals surface area contributed by atoms with E-state index in [1.807, 2.05) is 66.4 Å². The van der Waals surface area contributed by atoms with Gasteiger partial charge in [-0.15, -0.1) is 0 Å². The number of benzene rings is 4. The summed E-state index contributed by atoms with van der Waals surface area (Å²) in [6.45, 7) is 7.62. The number of anilines is 1. The summed E-state index contributed by atoms with van der Waals surface area (Å²) < 4.78 is 13.2. The van der Waals surface area contributed by atoms with Gasteiger partial charge in [-0.25, -0.2) is 4.68 Å². The number of hydrogen-bond acceptors (Lipinski definition) is 7. The SMILES string of the molecule is CCCCN(CCCC)C(=O)c1cc(C)n(-c2ccc(NC(=O)COc3ccc(OCc4ccccc4)cc3)cc2C(=O)N2Cc3ccccc3CC2CO)n1. The van der Waals surface area contributed by atoms with Crippen LogP contribution in [0.25, 0.3) is 5.69 Å². The van der Waals surface area contributed by atoms with Gasteiger partial charge in [-0.3, -0.25) is 14.4 Å². The van der Waals surface area contributed by atoms with Gasteiger partial charge in [-0.05, 0) is 91.4 Å². The molecule has 5 aromatic rings. The normalized spacial score (nSPS) is 13.5. The third-order valence-electron chi connectivity index (χ3n) is 9.96. The molecule has 1 aliphatic rings. The van der Waals surface area contributed by atoms with Crippen molar-refractivity contribution in [3.8, 4) is 17.2 Å². The van der Waals surface area contributed by atoms with E-state index in [1.165, 1.54) is 0 Å². The van der Waals surface area contributed by atoms with Crippen LogP contribution in [0.1, 0.15) is 82.8 Å². The number of amides is 3. The molecule has 0 aliphatic carbocycles. The number of aromatic nitrogens is 2. The van der Waals surface area contributed by atoms with Crippen LogP contribution >= 0.6 is 0 Å². The first kappa shape index (κ1) is 39.7. The average molecular weight is 758 g/mol. The molecule has 3 amide bonds. The third-order valence-corrected chi connectivity index (χ3v) is 9.96. The Morgan fingerprint density at radius 2 is 1.50 bits per heavy atom. The molecule has 0 bridgehead atoms. The summed E-state index contributed by atoms with van der Waals surface area (Å²) >= 11 is 0. The monoisotopic (exact) mass is 757 g/mol. The van der Waals surface area contributed by atoms with Crippen molar-refractivity contribution >= 4 is 23.4 Å². The van der Waals surface area contributed by atoms with Crippen LogP contribution in [-0.2, 0) is 24.4 Å². The number of nitrogens with zero attached hydrogens (tertiary/aromatic N) is 4. The minimum Gasteiger partial charge on any atom is -0.489 e. The standard InChI is InChI=1S/C45H51N5O6/c1-4-6-23-48(24-7-5-2)45(54)41-25-32(3)50(47-41)42-22-17-36(27-40(42)44(53)49-28-35-16-12-11-15-34(35)26-37(49)29-51)46-43(52)31-56-39-20-18-38(19-21-39)55-30-33-13-9-8-10-14-33/h8-22,25,27,37,51H,4-7,23-24,26,28-31H2,1-3H3,(H,46,52). The molecule has 0 radical (unpaired) electrons. The van der Waals surface area contributed by atoms with Crippen molar-refractivity contribution < 1.29 is 29.0 Å². The summed E-state index contributed by atoms with van der Waals surface area (Å²) in [4.78, 5) is 45.1. The Labute approximate surface area is 328 Å². The van der Waals surface area contributed by atoms with E-state index in [-0.39, 0.29) is 30.6 Å². The molecule has 56 heavy (non-hydrogen) atoms. The first-order valence-corrected chi connectivity index (χ1v) is 19.5. The highest BCUT2D eigenvalue weighted by molar-refractivity contribution is 6.01. The number of aryl methyl sites for hydroxylation is 1. The Bertz CT molecular complexity index is 2090. The number of ether oxygens (including phenoxy) is 2. The number of carbonyl (C=O) groups is 3. The van der Waals surface area contributed by atoms with Crippen LogP contribution in [0.3, 0.4) is 0 Å². The van der Waals surface area contributed by atoms with Crippen molar-refractivity contribution in [2.75, 3.05) is 31.6 Å². The average Bonchev–Trinajstić information content (AvgIpc) is 3.62. The van der Waals surface area contributed by atoms with E-state index in [0.29, 0.717) is 66.9 Å². The zero-order chi connectivity index (χ0) is 39.4. The molecule has 2 heterocycles. The van der Waals surface area contributed by atoms with Crippen LogP contribution < -0.4 is 14.8 Å². The summed E-state index contributed by atoms with van der Waals surface area (Å²) in [5, 5.41) is 18.1. The molecule has 0 fully saturated rings. The van der Waals surface area contributed by atoms with E-state index in [9.17, 15) is 19.5 Å². The zero-order valence-electron chi connectivity index (χ0n) is 32.4. The summed E-state index contributed by atoms with van der Waals surface area (Å²) in [5.74, 6) is 0.292. The minimum absolute atomic E-state index is 0.146. The number of carbonyl (C=O) groups excluding carboxylic acids is 3. The van der Waals surface area contributed by atoms with E-state index in [0.717, 1.165) is 42.4 Å². The number of unbranched alkanes of at least 4 members (excludes halogenated alkanes) is 2. The maximum absolute atomic E-state index is 14.6. The summed E-state index contributed by atoms with van der Waals surface area (Å²) in [7, 11) is 0. The van der Waals surface area contributed by atoms with Gasteiger partial charge >= 0.3 is 0 Å². The largest absolute Gasteiger partial charge is 0.489 e. The molecule has 1 aliphatic heterocycles. The lowest BCUT2D eigenvalue weighted by Crippen LogP contribution is -2.46. The first-order valence-electron chi connectivity index (χ1n) is 19.5. The van der Waals surface area contributed by atoms with Crippen LogP contribution in [0.2, 0.25) is 0 Å². The Hall–Kier alpha value is -5.94. The van der Waals surface area contributed by atoms with Gasteiger partial charge in [0, 0.05) is 31.0 Å². The van der Waals surface area contributed by atoms with Gasteiger partial charge in [0.15, 0.2) is 12.3 Å². The topological polar surface area (TPSA) is 126 Å². The highest BCUT2D eigenvalue weighted by Gasteiger charge is 2.32. The number of fused-ring (bicyclic) bond motifs is 1. The maximum Gasteiger partial charge on any atom is 0.274 e. The fourth-order valence-corrected chi connectivity index (χ4v) is 6.83. The predicted molar refractivity (Wildman–Crippen MR) is 216 cm³/mol. The summed E-state index contributed by atoms with van der Waals surface area (Å²) in [5.41, 5.74) is 5.26. The smallest absolute Gasteiger partial charge is 0.274 e. The van der Waals surface area contributed by atoms with Gasteiger partial charge in [0.2, 0.25) is 0 Å². The summed E-state index contributed by atoms with van der Waals surface area (Å²) in [6, 6.07) is 31.2. The van der Waals surface area contributed by atoms with Gasteiger partial charge in [0.05, 0.1) is 23.9 Å². The maximum atomic E-state index is 14.6. The van der Waals surface area contributed by atoms with Crippen molar-refractivity contribution in [2.24, 2.45) is 0 Å². The predicted octanol–water partition coefficient (Wildman–Crippen LogP) is 7.38. The lowest BCUT2D eigenvalue weighted by atomic mass is 9.93. The van der Waals surface area contributed by atoms with Crippen LogP contribution in [-0.4, -0.2) is 74.8 Å². The van der Waals surface area contributed by atoms with Crippen molar-refractivity contribution in [1.82, 2.24) is 19.6 Å². The highest BCUT2D eigenvalue weighted by Crippen LogP contribution is 2.29. The fourth-order valence-electron chi connectivity index (χ4n) is 6.83. The van der Waals surface area contributed by atoms with Crippen LogP contribution in [0.15, 0.2) is 103 Å². The zero-order valence-corrected chi connectivity index (χ0v) is 32.4. The van der Waals surface area contributed by atoms with Crippen molar-refractivity contribution in [3.63, 3.8) is 0 Å². The Kier molecular flexibility index (Phi) is 13.5. The number of aliphatic hydroxyl groups is 1. The van der Waals surface area contributed by atoms with E-state index in [1.54, 1.807) is 58.1 Å². The quantitative estimate of drug-likeness (QED) is 0.101. The lowest BCUT2D eigenvalue weighted by molar-refractivity contribution is -0.118. The Balaban J connectivity index is 1.23. The van der Waals surface area contributed by atoms with Gasteiger partial charge in [-0.2, -0.15) is 5.10 Å². The second-order valence-corrected chi connectivity index (χ2v) is 14.1. The van der Waals surface area contributed by atoms with Crippen LogP contribution in [0.5, 0.6) is 11.5 Å². The second kappa shape index (κ2) is 19.1. The molecule has 6 rings (SSSR count). The molecular weight excluding hydrogens is 707 g/mol. The van der Waals surface area contributed by atoms with Gasteiger partial charge in [0.25, 0.3) is 17.7 Å². The molecule has 0 saturated carbocycles. The van der Waals surface area contributed by atoms with Crippen LogP contribution in [0.4, 0.5) is 5.69 Å². The summed E-state index contributed by atoms with van der Waals surface area (Å²) in [6.07, 6.45) is 4.24. The van der Waals surface area contributed by atoms with E-state index >= 15 is 0 Å². The van der Waals surface area contributed by atoms with E-state index in [2.05, 4.69) is 19.2 Å². The molecule has 292 valence electrons. The molecular formula is C45H51N5O6. The second-order valence-electron chi connectivity index (χ2n) is 14.1. The van der Waals surface area contributed by atoms with Gasteiger partial charge in [-0.1, -0.05) is 81.3 Å². The lowest BCUT2D eigenvalue weighted by Gasteiger charge is -2.36. The molecule has 1 atom stereocenters. The van der Waals surface area contributed by atoms with E-state index in [4.69, 9.17) is 14.6 Å². The van der Waals surface area contributed by atoms with Crippen molar-refractivity contribution in [3.05, 3.63) is 137 Å². The molecule has 1 aromatic heterocycles. The molecule has 11 heteroatoms. The molecule has 1 unspecified atom stereocenters. The van der Waals surface area contributed by atoms with E-state index < -0.39 is 11.9 Å². The molecule has 0 spiro atoms.